The largest absolute Gasteiger partial charge is 0.379 e. The van der Waals surface area contributed by atoms with Gasteiger partial charge in [0.05, 0.1) is 24.7 Å². The molecule has 0 aliphatic carbocycles. The molecule has 168 valence electrons. The van der Waals surface area contributed by atoms with Gasteiger partial charge in [-0.1, -0.05) is 42.5 Å². The molecule has 1 fully saturated rings. The molecule has 33 heavy (non-hydrogen) atoms. The number of hydrogen-bond donors (Lipinski definition) is 0. The summed E-state index contributed by atoms with van der Waals surface area (Å²) in [5.41, 5.74) is 3.30. The lowest BCUT2D eigenvalue weighted by Gasteiger charge is -2.26. The molecule has 2 aliphatic rings. The Kier molecular flexibility index (Phi) is 5.80. The first kappa shape index (κ1) is 21.5. The van der Waals surface area contributed by atoms with Gasteiger partial charge in [-0.3, -0.25) is 4.79 Å². The van der Waals surface area contributed by atoms with Gasteiger partial charge in [0.25, 0.3) is 5.91 Å². The number of rotatable bonds is 4. The van der Waals surface area contributed by atoms with Gasteiger partial charge in [-0.15, -0.1) is 0 Å². The van der Waals surface area contributed by atoms with Gasteiger partial charge < -0.3 is 9.64 Å². The number of amides is 1. The van der Waals surface area contributed by atoms with Gasteiger partial charge in [-0.25, -0.2) is 8.42 Å². The second-order valence-electron chi connectivity index (χ2n) is 7.86. The van der Waals surface area contributed by atoms with Crippen LogP contribution in [0.4, 0.5) is 5.69 Å². The molecule has 0 bridgehead atoms. The van der Waals surface area contributed by atoms with Crippen LogP contribution in [0.1, 0.15) is 21.5 Å². The number of anilines is 1. The van der Waals surface area contributed by atoms with Crippen molar-refractivity contribution in [2.75, 3.05) is 31.2 Å². The van der Waals surface area contributed by atoms with Crippen LogP contribution in [0.25, 0.3) is 0 Å². The summed E-state index contributed by atoms with van der Waals surface area (Å²) in [5.74, 6) is 0.171. The monoisotopic (exact) mass is 461 g/mol. The van der Waals surface area contributed by atoms with E-state index >= 15 is 0 Å². The van der Waals surface area contributed by atoms with E-state index in [9.17, 15) is 13.2 Å². The standard InChI is InChI=1S/C25H23N3O4S/c29-25(19-10-12-22(13-11-19)33(30,31)27-14-16-32-17-15-27)26-24-23-9-5-4-6-20(23)18-28(24)21-7-2-1-3-8-21/h1-13H,14-18H2. The predicted octanol–water partition coefficient (Wildman–Crippen LogP) is 3.31. The van der Waals surface area contributed by atoms with Crippen molar-refractivity contribution in [3.05, 3.63) is 95.6 Å². The molecule has 3 aromatic rings. The normalized spacial score (nSPS) is 17.8. The van der Waals surface area contributed by atoms with E-state index < -0.39 is 15.9 Å². The number of ether oxygens (including phenoxy) is 1. The van der Waals surface area contributed by atoms with Crippen molar-refractivity contribution in [1.82, 2.24) is 4.31 Å². The van der Waals surface area contributed by atoms with E-state index in [0.717, 1.165) is 16.8 Å². The lowest BCUT2D eigenvalue weighted by Crippen LogP contribution is -2.40. The van der Waals surface area contributed by atoms with E-state index in [1.54, 1.807) is 0 Å². The number of aliphatic imine (C=N–C) groups is 1. The third-order valence-corrected chi connectivity index (χ3v) is 7.74. The van der Waals surface area contributed by atoms with Gasteiger partial charge in [0.1, 0.15) is 5.84 Å². The highest BCUT2D eigenvalue weighted by Crippen LogP contribution is 2.29. The number of morpholine rings is 1. The molecule has 0 radical (unpaired) electrons. The zero-order chi connectivity index (χ0) is 22.8. The van der Waals surface area contributed by atoms with Crippen molar-refractivity contribution >= 4 is 27.5 Å². The van der Waals surface area contributed by atoms with Gasteiger partial charge >= 0.3 is 0 Å². The summed E-state index contributed by atoms with van der Waals surface area (Å²) in [6.07, 6.45) is 0. The second kappa shape index (κ2) is 8.90. The fourth-order valence-corrected chi connectivity index (χ4v) is 5.48. The summed E-state index contributed by atoms with van der Waals surface area (Å²) in [6.45, 7) is 2.04. The second-order valence-corrected chi connectivity index (χ2v) is 9.80. The van der Waals surface area contributed by atoms with Crippen LogP contribution in [0.15, 0.2) is 88.8 Å². The Morgan fingerprint density at radius 3 is 2.24 bits per heavy atom. The van der Waals surface area contributed by atoms with Crippen LogP contribution in [0, 0.1) is 0 Å². The zero-order valence-corrected chi connectivity index (χ0v) is 18.7. The molecule has 1 amide bonds. The predicted molar refractivity (Wildman–Crippen MR) is 126 cm³/mol. The summed E-state index contributed by atoms with van der Waals surface area (Å²) in [6, 6.07) is 23.7. The molecule has 1 saturated heterocycles. The van der Waals surface area contributed by atoms with Crippen molar-refractivity contribution in [1.29, 1.82) is 0 Å². The lowest BCUT2D eigenvalue weighted by molar-refractivity contribution is 0.0730. The Morgan fingerprint density at radius 1 is 0.848 bits per heavy atom. The van der Waals surface area contributed by atoms with Gasteiger partial charge in [0.2, 0.25) is 10.0 Å². The molecule has 0 unspecified atom stereocenters. The van der Waals surface area contributed by atoms with Crippen LogP contribution >= 0.6 is 0 Å². The maximum absolute atomic E-state index is 13.1. The third-order valence-electron chi connectivity index (χ3n) is 5.83. The minimum Gasteiger partial charge on any atom is -0.379 e. The first-order valence-corrected chi connectivity index (χ1v) is 12.2. The Balaban J connectivity index is 1.44. The molecule has 3 aromatic carbocycles. The Labute approximate surface area is 193 Å². The number of amidine groups is 1. The van der Waals surface area contributed by atoms with Crippen molar-refractivity contribution in [3.63, 3.8) is 0 Å². The van der Waals surface area contributed by atoms with Crippen molar-refractivity contribution < 1.29 is 17.9 Å². The number of carbonyl (C=O) groups is 1. The minimum atomic E-state index is -3.61. The maximum atomic E-state index is 13.1. The molecule has 0 aromatic heterocycles. The van der Waals surface area contributed by atoms with Crippen LogP contribution in [0.5, 0.6) is 0 Å². The van der Waals surface area contributed by atoms with Crippen LogP contribution in [-0.2, 0) is 21.3 Å². The van der Waals surface area contributed by atoms with Gasteiger partial charge in [-0.2, -0.15) is 9.30 Å². The smallest absolute Gasteiger partial charge is 0.278 e. The highest BCUT2D eigenvalue weighted by molar-refractivity contribution is 7.89. The van der Waals surface area contributed by atoms with E-state index in [1.807, 2.05) is 59.5 Å². The zero-order valence-electron chi connectivity index (χ0n) is 17.9. The molecule has 0 atom stereocenters. The van der Waals surface area contributed by atoms with Crippen molar-refractivity contribution in [2.45, 2.75) is 11.4 Å². The lowest BCUT2D eigenvalue weighted by atomic mass is 10.1. The fraction of sp³-hybridized carbons (Fsp3) is 0.200. The number of para-hydroxylation sites is 1. The maximum Gasteiger partial charge on any atom is 0.278 e. The molecule has 0 saturated carbocycles. The molecule has 7 nitrogen and oxygen atoms in total. The fourth-order valence-electron chi connectivity index (χ4n) is 4.08. The summed E-state index contributed by atoms with van der Waals surface area (Å²) in [4.78, 5) is 19.7. The third kappa shape index (κ3) is 4.20. The quantitative estimate of drug-likeness (QED) is 0.596. The van der Waals surface area contributed by atoms with Crippen molar-refractivity contribution in [3.8, 4) is 0 Å². The molecule has 2 heterocycles. The molecule has 2 aliphatic heterocycles. The SMILES string of the molecule is O=C(N=C1c2ccccc2CN1c1ccccc1)c1ccc(S(=O)(=O)N2CCOCC2)cc1. The summed E-state index contributed by atoms with van der Waals surface area (Å²) in [5, 5.41) is 0. The van der Waals surface area contributed by atoms with Crippen LogP contribution in [-0.4, -0.2) is 50.8 Å². The van der Waals surface area contributed by atoms with Gasteiger partial charge in [-0.05, 0) is 42.0 Å². The van der Waals surface area contributed by atoms with E-state index in [4.69, 9.17) is 4.74 Å². The van der Waals surface area contributed by atoms with Crippen molar-refractivity contribution in [2.24, 2.45) is 4.99 Å². The highest BCUT2D eigenvalue weighted by Gasteiger charge is 2.28. The number of sulfonamides is 1. The van der Waals surface area contributed by atoms with E-state index in [2.05, 4.69) is 4.99 Å². The van der Waals surface area contributed by atoms with E-state index in [0.29, 0.717) is 44.2 Å². The Hall–Kier alpha value is -3.33. The molecule has 5 rings (SSSR count). The summed E-state index contributed by atoms with van der Waals surface area (Å²) < 4.78 is 32.3. The van der Waals surface area contributed by atoms with Crippen LogP contribution in [0.3, 0.4) is 0 Å². The van der Waals surface area contributed by atoms with E-state index in [-0.39, 0.29) is 4.90 Å². The van der Waals surface area contributed by atoms with Crippen LogP contribution in [0.2, 0.25) is 0 Å². The number of fused-ring (bicyclic) bond motifs is 1. The van der Waals surface area contributed by atoms with Gasteiger partial charge in [0.15, 0.2) is 0 Å². The van der Waals surface area contributed by atoms with Crippen LogP contribution < -0.4 is 4.90 Å². The first-order valence-electron chi connectivity index (χ1n) is 10.8. The number of carbonyl (C=O) groups excluding carboxylic acids is 1. The molecule has 0 spiro atoms. The Morgan fingerprint density at radius 2 is 1.52 bits per heavy atom. The Bertz CT molecular complexity index is 1300. The topological polar surface area (TPSA) is 79.3 Å². The average Bonchev–Trinajstić information content (AvgIpc) is 3.23. The number of benzene rings is 3. The highest BCUT2D eigenvalue weighted by atomic mass is 32.2. The molecular weight excluding hydrogens is 438 g/mol. The minimum absolute atomic E-state index is 0.158. The van der Waals surface area contributed by atoms with Gasteiger partial charge in [0, 0.05) is 29.9 Å². The molecule has 0 N–H and O–H groups in total. The molecular formula is C25H23N3O4S. The summed E-state index contributed by atoms with van der Waals surface area (Å²) in [7, 11) is -3.61. The van der Waals surface area contributed by atoms with E-state index in [1.165, 1.54) is 28.6 Å². The summed E-state index contributed by atoms with van der Waals surface area (Å²) >= 11 is 0. The molecule has 8 heteroatoms. The number of hydrogen-bond acceptors (Lipinski definition) is 4. The number of nitrogens with zero attached hydrogens (tertiary/aromatic N) is 3. The first-order chi connectivity index (χ1) is 16.0. The average molecular weight is 462 g/mol.